The lowest BCUT2D eigenvalue weighted by Gasteiger charge is -2.29. The smallest absolute Gasteiger partial charge is 0.308 e. The number of carbonyl (C=O) groups is 3. The van der Waals surface area contributed by atoms with Gasteiger partial charge in [-0.25, -0.2) is 0 Å². The zero-order valence-corrected chi connectivity index (χ0v) is 13.4. The average Bonchev–Trinajstić information content (AvgIpc) is 2.52. The van der Waals surface area contributed by atoms with Crippen molar-refractivity contribution >= 4 is 23.5 Å². The topological polar surface area (TPSA) is 86.7 Å². The van der Waals surface area contributed by atoms with Crippen LogP contribution in [0.1, 0.15) is 32.3 Å². The van der Waals surface area contributed by atoms with Gasteiger partial charge >= 0.3 is 5.97 Å². The van der Waals surface area contributed by atoms with Gasteiger partial charge in [0.25, 0.3) is 0 Å². The Kier molecular flexibility index (Phi) is 5.36. The molecule has 2 rings (SSSR count). The van der Waals surface area contributed by atoms with Crippen molar-refractivity contribution in [2.24, 2.45) is 5.92 Å². The largest absolute Gasteiger partial charge is 0.481 e. The van der Waals surface area contributed by atoms with Crippen LogP contribution < -0.4 is 10.2 Å². The van der Waals surface area contributed by atoms with Crippen LogP contribution in [0.5, 0.6) is 0 Å². The summed E-state index contributed by atoms with van der Waals surface area (Å²) in [4.78, 5) is 36.7. The molecular formula is C17H22N2O4. The number of carboxylic acid groups (broad SMARTS) is 1. The molecule has 23 heavy (non-hydrogen) atoms. The summed E-state index contributed by atoms with van der Waals surface area (Å²) in [5.41, 5.74) is 1.98. The number of aliphatic carboxylic acids is 1. The van der Waals surface area contributed by atoms with Gasteiger partial charge in [-0.15, -0.1) is 0 Å². The second kappa shape index (κ2) is 7.26. The van der Waals surface area contributed by atoms with Crippen molar-refractivity contribution < 1.29 is 19.5 Å². The van der Waals surface area contributed by atoms with Crippen LogP contribution in [0.4, 0.5) is 5.69 Å². The highest BCUT2D eigenvalue weighted by molar-refractivity contribution is 5.97. The van der Waals surface area contributed by atoms with Crippen LogP contribution in [0, 0.1) is 5.92 Å². The first-order valence-electron chi connectivity index (χ1n) is 7.80. The highest BCUT2D eigenvalue weighted by Gasteiger charge is 2.25. The molecule has 0 fully saturated rings. The molecule has 2 atom stereocenters. The van der Waals surface area contributed by atoms with E-state index in [1.807, 2.05) is 24.3 Å². The average molecular weight is 318 g/mol. The summed E-state index contributed by atoms with van der Waals surface area (Å²) in [6, 6.07) is 7.24. The van der Waals surface area contributed by atoms with Crippen molar-refractivity contribution in [1.29, 1.82) is 0 Å². The minimum Gasteiger partial charge on any atom is -0.481 e. The molecular weight excluding hydrogens is 296 g/mol. The summed E-state index contributed by atoms with van der Waals surface area (Å²) in [6.45, 7) is 3.52. The van der Waals surface area contributed by atoms with Gasteiger partial charge in [-0.3, -0.25) is 14.4 Å². The van der Waals surface area contributed by atoms with Gasteiger partial charge in [0.1, 0.15) is 0 Å². The minimum absolute atomic E-state index is 0.0171. The van der Waals surface area contributed by atoms with E-state index in [0.29, 0.717) is 13.0 Å². The van der Waals surface area contributed by atoms with Crippen LogP contribution in [0.3, 0.4) is 0 Å². The molecule has 1 aromatic rings. The van der Waals surface area contributed by atoms with Crippen LogP contribution >= 0.6 is 0 Å². The zero-order valence-electron chi connectivity index (χ0n) is 13.4. The third kappa shape index (κ3) is 4.09. The highest BCUT2D eigenvalue weighted by Crippen LogP contribution is 2.27. The van der Waals surface area contributed by atoms with Crippen molar-refractivity contribution in [2.45, 2.75) is 39.2 Å². The Morgan fingerprint density at radius 3 is 2.65 bits per heavy atom. The molecule has 0 aliphatic carbocycles. The van der Waals surface area contributed by atoms with Gasteiger partial charge in [-0.05, 0) is 31.9 Å². The van der Waals surface area contributed by atoms with E-state index in [9.17, 15) is 14.4 Å². The maximum absolute atomic E-state index is 12.1. The molecule has 2 unspecified atom stereocenters. The van der Waals surface area contributed by atoms with Crippen molar-refractivity contribution in [3.05, 3.63) is 29.8 Å². The molecule has 2 N–H and O–H groups in total. The minimum atomic E-state index is -0.946. The fourth-order valence-corrected chi connectivity index (χ4v) is 2.62. The number of fused-ring (bicyclic) bond motifs is 1. The second-order valence-electron chi connectivity index (χ2n) is 5.91. The number of hydrogen-bond acceptors (Lipinski definition) is 3. The first kappa shape index (κ1) is 17.0. The van der Waals surface area contributed by atoms with E-state index in [2.05, 4.69) is 5.32 Å². The van der Waals surface area contributed by atoms with Gasteiger partial charge in [0, 0.05) is 31.1 Å². The lowest BCUT2D eigenvalue weighted by molar-refractivity contribution is -0.142. The summed E-state index contributed by atoms with van der Waals surface area (Å²) in [5, 5.41) is 11.6. The molecule has 0 aromatic heterocycles. The molecule has 6 nitrogen and oxygen atoms in total. The van der Waals surface area contributed by atoms with Gasteiger partial charge in [0.15, 0.2) is 0 Å². The Morgan fingerprint density at radius 2 is 1.96 bits per heavy atom. The number of nitrogens with one attached hydrogen (secondary N) is 1. The fourth-order valence-electron chi connectivity index (χ4n) is 2.62. The number of anilines is 1. The molecule has 6 heteroatoms. The lowest BCUT2D eigenvalue weighted by atomic mass is 10.0. The Morgan fingerprint density at radius 1 is 1.26 bits per heavy atom. The molecule has 0 radical (unpaired) electrons. The third-order valence-corrected chi connectivity index (χ3v) is 4.28. The lowest BCUT2D eigenvalue weighted by Crippen LogP contribution is -2.42. The van der Waals surface area contributed by atoms with Crippen molar-refractivity contribution in [3.63, 3.8) is 0 Å². The second-order valence-corrected chi connectivity index (χ2v) is 5.91. The summed E-state index contributed by atoms with van der Waals surface area (Å²) in [7, 11) is 0. The van der Waals surface area contributed by atoms with E-state index < -0.39 is 17.9 Å². The predicted octanol–water partition coefficient (Wildman–Crippen LogP) is 1.58. The number of nitrogens with zero attached hydrogens (tertiary/aromatic N) is 1. The number of para-hydroxylation sites is 1. The maximum Gasteiger partial charge on any atom is 0.308 e. The normalized spacial score (nSPS) is 16.4. The third-order valence-electron chi connectivity index (χ3n) is 4.28. The van der Waals surface area contributed by atoms with E-state index >= 15 is 0 Å². The molecule has 0 saturated carbocycles. The maximum atomic E-state index is 12.1. The molecule has 0 spiro atoms. The molecule has 0 saturated heterocycles. The van der Waals surface area contributed by atoms with Gasteiger partial charge in [-0.2, -0.15) is 0 Å². The van der Waals surface area contributed by atoms with Crippen LogP contribution in [0.2, 0.25) is 0 Å². The van der Waals surface area contributed by atoms with E-state index in [-0.39, 0.29) is 18.2 Å². The Hall–Kier alpha value is -2.37. The monoisotopic (exact) mass is 318 g/mol. The van der Waals surface area contributed by atoms with Crippen LogP contribution in [-0.2, 0) is 20.8 Å². The Balaban J connectivity index is 1.94. The number of carboxylic acids is 1. The number of hydrogen-bond donors (Lipinski definition) is 2. The van der Waals surface area contributed by atoms with Crippen molar-refractivity contribution in [1.82, 2.24) is 5.32 Å². The van der Waals surface area contributed by atoms with Gasteiger partial charge in [0.05, 0.1) is 5.92 Å². The first-order valence-corrected chi connectivity index (χ1v) is 7.80. The Labute approximate surface area is 135 Å². The van der Waals surface area contributed by atoms with E-state index in [0.717, 1.165) is 17.7 Å². The summed E-state index contributed by atoms with van der Waals surface area (Å²) < 4.78 is 0. The van der Waals surface area contributed by atoms with Crippen LogP contribution in [0.25, 0.3) is 0 Å². The van der Waals surface area contributed by atoms with Crippen molar-refractivity contribution in [2.75, 3.05) is 11.4 Å². The van der Waals surface area contributed by atoms with E-state index in [1.54, 1.807) is 18.7 Å². The summed E-state index contributed by atoms with van der Waals surface area (Å²) in [5.74, 6) is -1.83. The molecule has 0 bridgehead atoms. The summed E-state index contributed by atoms with van der Waals surface area (Å²) >= 11 is 0. The first-order chi connectivity index (χ1) is 10.9. The molecule has 1 heterocycles. The molecule has 124 valence electrons. The number of amides is 2. The number of benzene rings is 1. The van der Waals surface area contributed by atoms with Gasteiger partial charge in [0.2, 0.25) is 11.8 Å². The molecule has 1 aliphatic heterocycles. The zero-order chi connectivity index (χ0) is 17.0. The molecule has 2 amide bonds. The standard InChI is InChI=1S/C17H22N2O4/c1-11(17(22)23)12(2)18-15(20)9-10-19-14-6-4-3-5-13(14)7-8-16(19)21/h3-6,11-12H,7-10H2,1-2H3,(H,18,20)(H,22,23). The van der Waals surface area contributed by atoms with E-state index in [1.165, 1.54) is 0 Å². The highest BCUT2D eigenvalue weighted by atomic mass is 16.4. The number of rotatable bonds is 6. The number of carbonyl (C=O) groups excluding carboxylic acids is 2. The van der Waals surface area contributed by atoms with Crippen LogP contribution in [-0.4, -0.2) is 35.5 Å². The van der Waals surface area contributed by atoms with E-state index in [4.69, 9.17) is 5.11 Å². The SMILES string of the molecule is CC(NC(=O)CCN1C(=O)CCc2ccccc21)C(C)C(=O)O. The van der Waals surface area contributed by atoms with Gasteiger partial charge < -0.3 is 15.3 Å². The van der Waals surface area contributed by atoms with Crippen LogP contribution in [0.15, 0.2) is 24.3 Å². The Bertz CT molecular complexity index is 614. The predicted molar refractivity (Wildman–Crippen MR) is 86.1 cm³/mol. The summed E-state index contributed by atoms with van der Waals surface area (Å²) in [6.07, 6.45) is 1.33. The quantitative estimate of drug-likeness (QED) is 0.834. The van der Waals surface area contributed by atoms with Gasteiger partial charge in [-0.1, -0.05) is 18.2 Å². The molecule has 1 aromatic carbocycles. The fraction of sp³-hybridized carbons (Fsp3) is 0.471. The number of aryl methyl sites for hydroxylation is 1. The molecule has 1 aliphatic rings. The van der Waals surface area contributed by atoms with Crippen molar-refractivity contribution in [3.8, 4) is 0 Å².